The summed E-state index contributed by atoms with van der Waals surface area (Å²) in [5.41, 5.74) is 3.23. The van der Waals surface area contributed by atoms with Crippen molar-refractivity contribution in [1.82, 2.24) is 0 Å². The van der Waals surface area contributed by atoms with Crippen molar-refractivity contribution in [3.8, 4) is 5.75 Å². The van der Waals surface area contributed by atoms with Gasteiger partial charge in [0.15, 0.2) is 0 Å². The van der Waals surface area contributed by atoms with E-state index in [4.69, 9.17) is 0 Å². The molecule has 1 aromatic carbocycles. The fourth-order valence-corrected chi connectivity index (χ4v) is 4.45. The van der Waals surface area contributed by atoms with Gasteiger partial charge in [0.2, 0.25) is 8.32 Å². The number of hydrogen-bond acceptors (Lipinski definition) is 2. The Balaban J connectivity index is 3.00. The second-order valence-electron chi connectivity index (χ2n) is 5.09. The van der Waals surface area contributed by atoms with Crippen molar-refractivity contribution in [3.05, 3.63) is 35.5 Å². The van der Waals surface area contributed by atoms with Crippen LogP contribution in [0.1, 0.15) is 33.3 Å². The third-order valence-corrected chi connectivity index (χ3v) is 7.72. The maximum atomic E-state index is 10.7. The average molecular weight is 250 g/mol. The quantitative estimate of drug-likeness (QED) is 0.800. The van der Waals surface area contributed by atoms with Gasteiger partial charge < -0.3 is 9.90 Å². The number of phenols is 1. The highest BCUT2D eigenvalue weighted by Crippen LogP contribution is 2.31. The second kappa shape index (κ2) is 5.51. The maximum absolute atomic E-state index is 10.7. The molecule has 2 nitrogen and oxygen atoms in total. The van der Waals surface area contributed by atoms with E-state index in [-0.39, 0.29) is 16.8 Å². The highest BCUT2D eigenvalue weighted by molar-refractivity contribution is 6.80. The Bertz CT molecular complexity index is 389. The molecule has 0 radical (unpaired) electrons. The smallest absolute Gasteiger partial charge is 0.218 e. The average Bonchev–Trinajstić information content (AvgIpc) is 2.27. The van der Waals surface area contributed by atoms with E-state index < -0.39 is 8.32 Å². The van der Waals surface area contributed by atoms with Gasteiger partial charge in [-0.05, 0) is 17.1 Å². The van der Waals surface area contributed by atoms with Gasteiger partial charge in [0.25, 0.3) is 0 Å². The number of hydrogen-bond donors (Lipinski definition) is 2. The Morgan fingerprint density at radius 1 is 1.06 bits per heavy atom. The summed E-state index contributed by atoms with van der Waals surface area (Å²) in [4.78, 5) is 10.7. The summed E-state index contributed by atoms with van der Waals surface area (Å²) >= 11 is 0. The Kier molecular flexibility index (Phi) is 4.54. The minimum atomic E-state index is -2.40. The molecule has 0 aliphatic rings. The van der Waals surface area contributed by atoms with Gasteiger partial charge >= 0.3 is 0 Å². The minimum absolute atomic E-state index is 0.257. The van der Waals surface area contributed by atoms with Crippen LogP contribution in [0.4, 0.5) is 0 Å². The van der Waals surface area contributed by atoms with Crippen molar-refractivity contribution in [2.45, 2.75) is 38.8 Å². The highest BCUT2D eigenvalue weighted by Gasteiger charge is 2.35. The SMILES string of the molecule is CC(C)[Si](O)(C=Cc1ccccc1O)C(C)C. The molecule has 1 aromatic rings. The largest absolute Gasteiger partial charge is 0.507 e. The van der Waals surface area contributed by atoms with Gasteiger partial charge in [0.1, 0.15) is 5.75 Å². The van der Waals surface area contributed by atoms with E-state index in [1.807, 2.05) is 23.9 Å². The van der Waals surface area contributed by atoms with Crippen LogP contribution in [0.25, 0.3) is 6.08 Å². The molecular formula is C14H22O2Si. The van der Waals surface area contributed by atoms with Gasteiger partial charge in [-0.2, -0.15) is 0 Å². The zero-order chi connectivity index (χ0) is 13.1. The molecule has 0 bridgehead atoms. The van der Waals surface area contributed by atoms with Crippen molar-refractivity contribution in [2.24, 2.45) is 0 Å². The highest BCUT2D eigenvalue weighted by atomic mass is 28.4. The molecule has 0 aliphatic carbocycles. The van der Waals surface area contributed by atoms with E-state index >= 15 is 0 Å². The molecule has 0 aromatic heterocycles. The van der Waals surface area contributed by atoms with E-state index in [9.17, 15) is 9.90 Å². The minimum Gasteiger partial charge on any atom is -0.507 e. The molecule has 0 spiro atoms. The molecule has 2 N–H and O–H groups in total. The lowest BCUT2D eigenvalue weighted by Gasteiger charge is -2.29. The van der Waals surface area contributed by atoms with E-state index in [0.29, 0.717) is 0 Å². The topological polar surface area (TPSA) is 40.5 Å². The molecule has 0 amide bonds. The lowest BCUT2D eigenvalue weighted by Crippen LogP contribution is -2.39. The summed E-state index contributed by atoms with van der Waals surface area (Å²) in [6.07, 6.45) is 1.85. The number of rotatable bonds is 4. The van der Waals surface area contributed by atoms with Crippen LogP contribution in [0.2, 0.25) is 11.1 Å². The first-order chi connectivity index (χ1) is 7.88. The van der Waals surface area contributed by atoms with Crippen LogP contribution in [-0.4, -0.2) is 18.2 Å². The molecule has 17 heavy (non-hydrogen) atoms. The predicted molar refractivity (Wildman–Crippen MR) is 75.3 cm³/mol. The van der Waals surface area contributed by atoms with Crippen LogP contribution in [0, 0.1) is 0 Å². The third kappa shape index (κ3) is 3.20. The molecule has 94 valence electrons. The van der Waals surface area contributed by atoms with Crippen molar-refractivity contribution < 1.29 is 9.90 Å². The second-order valence-corrected chi connectivity index (χ2v) is 9.51. The van der Waals surface area contributed by atoms with Crippen LogP contribution in [0.5, 0.6) is 5.75 Å². The molecule has 0 saturated carbocycles. The van der Waals surface area contributed by atoms with E-state index in [2.05, 4.69) is 27.7 Å². The molecule has 0 atom stereocenters. The number of aromatic hydroxyl groups is 1. The first kappa shape index (κ1) is 14.0. The summed E-state index contributed by atoms with van der Waals surface area (Å²) in [6.45, 7) is 8.23. The van der Waals surface area contributed by atoms with Crippen molar-refractivity contribution >= 4 is 14.4 Å². The predicted octanol–water partition coefficient (Wildman–Crippen LogP) is 3.70. The van der Waals surface area contributed by atoms with Crippen LogP contribution in [0.15, 0.2) is 30.0 Å². The molecule has 0 aliphatic heterocycles. The summed E-state index contributed by atoms with van der Waals surface area (Å²) in [7, 11) is -2.40. The molecule has 1 rings (SSSR count). The Labute approximate surface area is 105 Å². The Morgan fingerprint density at radius 2 is 1.59 bits per heavy atom. The number of para-hydroxylation sites is 1. The fourth-order valence-electron chi connectivity index (χ4n) is 1.90. The zero-order valence-electron chi connectivity index (χ0n) is 11.0. The van der Waals surface area contributed by atoms with Gasteiger partial charge in [0.05, 0.1) is 0 Å². The third-order valence-electron chi connectivity index (χ3n) is 3.32. The van der Waals surface area contributed by atoms with Crippen LogP contribution in [-0.2, 0) is 0 Å². The van der Waals surface area contributed by atoms with Gasteiger partial charge in [-0.3, -0.25) is 0 Å². The van der Waals surface area contributed by atoms with Crippen LogP contribution in [0.3, 0.4) is 0 Å². The van der Waals surface area contributed by atoms with Gasteiger partial charge in [-0.25, -0.2) is 0 Å². The summed E-state index contributed by atoms with van der Waals surface area (Å²) in [5, 5.41) is 9.67. The van der Waals surface area contributed by atoms with E-state index in [0.717, 1.165) is 5.56 Å². The first-order valence-electron chi connectivity index (χ1n) is 6.07. The molecular weight excluding hydrogens is 228 g/mol. The van der Waals surface area contributed by atoms with Crippen molar-refractivity contribution in [3.63, 3.8) is 0 Å². The van der Waals surface area contributed by atoms with Crippen molar-refractivity contribution in [1.29, 1.82) is 0 Å². The summed E-state index contributed by atoms with van der Waals surface area (Å²) in [6, 6.07) is 7.18. The van der Waals surface area contributed by atoms with Gasteiger partial charge in [-0.15, -0.1) is 0 Å². The van der Waals surface area contributed by atoms with Crippen LogP contribution >= 0.6 is 0 Å². The zero-order valence-corrected chi connectivity index (χ0v) is 12.0. The van der Waals surface area contributed by atoms with Gasteiger partial charge in [-0.1, -0.05) is 57.7 Å². The molecule has 0 unspecified atom stereocenters. The normalized spacial score (nSPS) is 12.9. The molecule has 0 fully saturated rings. The lowest BCUT2D eigenvalue weighted by molar-refractivity contribution is 0.474. The van der Waals surface area contributed by atoms with Crippen molar-refractivity contribution in [2.75, 3.05) is 0 Å². The molecule has 0 heterocycles. The first-order valence-corrected chi connectivity index (χ1v) is 8.25. The molecule has 0 saturated heterocycles. The van der Waals surface area contributed by atoms with E-state index in [1.165, 1.54) is 0 Å². The Hall–Kier alpha value is -1.06. The standard InChI is InChI=1S/C14H22O2Si/c1-11(2)17(16,12(3)4)10-9-13-7-5-6-8-14(13)15/h5-12,15-16H,1-4H3. The number of benzene rings is 1. The van der Waals surface area contributed by atoms with Gasteiger partial charge in [0, 0.05) is 5.56 Å². The fraction of sp³-hybridized carbons (Fsp3) is 0.429. The Morgan fingerprint density at radius 3 is 2.06 bits per heavy atom. The maximum Gasteiger partial charge on any atom is 0.218 e. The van der Waals surface area contributed by atoms with Crippen LogP contribution < -0.4 is 0 Å². The monoisotopic (exact) mass is 250 g/mol. The number of phenolic OH excluding ortho intramolecular Hbond substituents is 1. The summed E-state index contributed by atoms with van der Waals surface area (Å²) < 4.78 is 0. The summed E-state index contributed by atoms with van der Waals surface area (Å²) in [5.74, 6) is 0.257. The van der Waals surface area contributed by atoms with E-state index in [1.54, 1.807) is 12.1 Å². The lowest BCUT2D eigenvalue weighted by atomic mass is 10.2. The molecule has 3 heteroatoms.